The number of rotatable bonds is 2. The number of benzene rings is 1. The zero-order valence-corrected chi connectivity index (χ0v) is 11.4. The molecule has 0 aliphatic carbocycles. The van der Waals surface area contributed by atoms with Gasteiger partial charge in [-0.15, -0.1) is 0 Å². The quantitative estimate of drug-likeness (QED) is 0.872. The summed E-state index contributed by atoms with van der Waals surface area (Å²) in [4.78, 5) is 25.4. The predicted molar refractivity (Wildman–Crippen MR) is 74.3 cm³/mol. The highest BCUT2D eigenvalue weighted by atomic mass is 35.5. The van der Waals surface area contributed by atoms with Crippen LogP contribution in [0.2, 0.25) is 5.02 Å². The van der Waals surface area contributed by atoms with Crippen LogP contribution in [0, 0.1) is 0 Å². The van der Waals surface area contributed by atoms with Gasteiger partial charge < -0.3 is 15.5 Å². The van der Waals surface area contributed by atoms with E-state index >= 15 is 0 Å². The SMILES string of the molecule is CCC1C(=O)NCCN1C(=O)Nc1cccc(Cl)c1. The van der Waals surface area contributed by atoms with Gasteiger partial charge >= 0.3 is 6.03 Å². The number of amides is 3. The van der Waals surface area contributed by atoms with E-state index in [2.05, 4.69) is 10.6 Å². The van der Waals surface area contributed by atoms with Gasteiger partial charge in [-0.1, -0.05) is 24.6 Å². The number of urea groups is 1. The number of carbonyl (C=O) groups is 2. The molecule has 0 bridgehead atoms. The van der Waals surface area contributed by atoms with Crippen molar-refractivity contribution in [3.63, 3.8) is 0 Å². The molecule has 0 saturated carbocycles. The van der Waals surface area contributed by atoms with Crippen molar-refractivity contribution in [3.8, 4) is 0 Å². The van der Waals surface area contributed by atoms with E-state index in [1.54, 1.807) is 29.2 Å². The average molecular weight is 282 g/mol. The molecule has 0 aromatic heterocycles. The van der Waals surface area contributed by atoms with Crippen LogP contribution >= 0.6 is 11.6 Å². The number of hydrogen-bond donors (Lipinski definition) is 2. The first-order valence-corrected chi connectivity index (χ1v) is 6.60. The first-order valence-electron chi connectivity index (χ1n) is 6.22. The molecule has 0 radical (unpaired) electrons. The Kier molecular flexibility index (Phi) is 4.27. The molecule has 1 fully saturated rings. The minimum atomic E-state index is -0.409. The Morgan fingerprint density at radius 3 is 3.05 bits per heavy atom. The minimum absolute atomic E-state index is 0.102. The number of anilines is 1. The zero-order valence-electron chi connectivity index (χ0n) is 10.6. The van der Waals surface area contributed by atoms with E-state index in [4.69, 9.17) is 11.6 Å². The van der Waals surface area contributed by atoms with Crippen molar-refractivity contribution in [2.45, 2.75) is 19.4 Å². The summed E-state index contributed by atoms with van der Waals surface area (Å²) in [6.07, 6.45) is 0.592. The van der Waals surface area contributed by atoms with Crippen LogP contribution in [0.3, 0.4) is 0 Å². The van der Waals surface area contributed by atoms with Crippen molar-refractivity contribution < 1.29 is 9.59 Å². The zero-order chi connectivity index (χ0) is 13.8. The van der Waals surface area contributed by atoms with Crippen LogP contribution in [0.25, 0.3) is 0 Å². The normalized spacial score (nSPS) is 18.9. The van der Waals surface area contributed by atoms with Crippen LogP contribution in [0.4, 0.5) is 10.5 Å². The lowest BCUT2D eigenvalue weighted by atomic mass is 10.1. The van der Waals surface area contributed by atoms with Gasteiger partial charge in [-0.2, -0.15) is 0 Å². The smallest absolute Gasteiger partial charge is 0.322 e. The lowest BCUT2D eigenvalue weighted by Gasteiger charge is -2.34. The van der Waals surface area contributed by atoms with Gasteiger partial charge in [0.1, 0.15) is 6.04 Å². The Hall–Kier alpha value is -1.75. The second-order valence-corrected chi connectivity index (χ2v) is 4.79. The fourth-order valence-electron chi connectivity index (χ4n) is 2.13. The highest BCUT2D eigenvalue weighted by Crippen LogP contribution is 2.17. The van der Waals surface area contributed by atoms with E-state index in [0.29, 0.717) is 30.2 Å². The van der Waals surface area contributed by atoms with E-state index < -0.39 is 6.04 Å². The van der Waals surface area contributed by atoms with Crippen LogP contribution < -0.4 is 10.6 Å². The lowest BCUT2D eigenvalue weighted by molar-refractivity contribution is -0.127. The molecule has 1 aliphatic heterocycles. The number of carbonyl (C=O) groups excluding carboxylic acids is 2. The summed E-state index contributed by atoms with van der Waals surface area (Å²) in [5, 5.41) is 6.08. The topological polar surface area (TPSA) is 61.4 Å². The molecular weight excluding hydrogens is 266 g/mol. The summed E-state index contributed by atoms with van der Waals surface area (Å²) in [6, 6.07) is 6.24. The third kappa shape index (κ3) is 3.17. The van der Waals surface area contributed by atoms with E-state index in [9.17, 15) is 9.59 Å². The number of nitrogens with zero attached hydrogens (tertiary/aromatic N) is 1. The second kappa shape index (κ2) is 5.93. The Balaban J connectivity index is 2.08. The summed E-state index contributed by atoms with van der Waals surface area (Å²) < 4.78 is 0. The van der Waals surface area contributed by atoms with Crippen molar-refractivity contribution in [2.75, 3.05) is 18.4 Å². The largest absolute Gasteiger partial charge is 0.353 e. The standard InChI is InChI=1S/C13H16ClN3O2/c1-2-11-12(18)15-6-7-17(11)13(19)16-10-5-3-4-9(14)8-10/h3-5,8,11H,2,6-7H2,1H3,(H,15,18)(H,16,19). The molecule has 102 valence electrons. The number of halogens is 1. The molecule has 2 rings (SSSR count). The maximum Gasteiger partial charge on any atom is 0.322 e. The molecule has 1 unspecified atom stereocenters. The van der Waals surface area contributed by atoms with Gasteiger partial charge in [-0.05, 0) is 24.6 Å². The first kappa shape index (κ1) is 13.7. The van der Waals surface area contributed by atoms with Gasteiger partial charge in [0.25, 0.3) is 0 Å². The molecule has 6 heteroatoms. The van der Waals surface area contributed by atoms with Crippen molar-refractivity contribution in [1.82, 2.24) is 10.2 Å². The fourth-order valence-corrected chi connectivity index (χ4v) is 2.32. The molecule has 1 aromatic carbocycles. The summed E-state index contributed by atoms with van der Waals surface area (Å²) in [5.74, 6) is -0.102. The van der Waals surface area contributed by atoms with Gasteiger partial charge in [0, 0.05) is 23.8 Å². The minimum Gasteiger partial charge on any atom is -0.353 e. The molecule has 5 nitrogen and oxygen atoms in total. The lowest BCUT2D eigenvalue weighted by Crippen LogP contribution is -2.57. The van der Waals surface area contributed by atoms with Crippen molar-refractivity contribution in [1.29, 1.82) is 0 Å². The Labute approximate surface area is 116 Å². The maximum absolute atomic E-state index is 12.2. The highest BCUT2D eigenvalue weighted by Gasteiger charge is 2.31. The summed E-state index contributed by atoms with van der Waals surface area (Å²) in [5.41, 5.74) is 0.623. The van der Waals surface area contributed by atoms with Crippen LogP contribution in [-0.4, -0.2) is 36.0 Å². The third-order valence-corrected chi connectivity index (χ3v) is 3.29. The summed E-state index contributed by atoms with van der Waals surface area (Å²) >= 11 is 5.86. The van der Waals surface area contributed by atoms with Crippen LogP contribution in [-0.2, 0) is 4.79 Å². The molecule has 1 saturated heterocycles. The van der Waals surface area contributed by atoms with Crippen molar-refractivity contribution >= 4 is 29.2 Å². The Morgan fingerprint density at radius 2 is 2.37 bits per heavy atom. The first-order chi connectivity index (χ1) is 9.11. The van der Waals surface area contributed by atoms with Crippen molar-refractivity contribution in [2.24, 2.45) is 0 Å². The van der Waals surface area contributed by atoms with Gasteiger partial charge in [0.2, 0.25) is 5.91 Å². The van der Waals surface area contributed by atoms with E-state index in [0.717, 1.165) is 0 Å². The molecule has 1 heterocycles. The van der Waals surface area contributed by atoms with Gasteiger partial charge in [-0.3, -0.25) is 4.79 Å². The Bertz CT molecular complexity index is 493. The summed E-state index contributed by atoms with van der Waals surface area (Å²) in [6.45, 7) is 2.88. The van der Waals surface area contributed by atoms with E-state index in [1.165, 1.54) is 0 Å². The third-order valence-electron chi connectivity index (χ3n) is 3.05. The molecule has 1 aromatic rings. The molecule has 3 amide bonds. The number of piperazine rings is 1. The Morgan fingerprint density at radius 1 is 1.58 bits per heavy atom. The van der Waals surface area contributed by atoms with Crippen LogP contribution in [0.15, 0.2) is 24.3 Å². The molecular formula is C13H16ClN3O2. The van der Waals surface area contributed by atoms with Gasteiger partial charge in [0.05, 0.1) is 0 Å². The van der Waals surface area contributed by atoms with Crippen LogP contribution in [0.1, 0.15) is 13.3 Å². The monoisotopic (exact) mass is 281 g/mol. The molecule has 2 N–H and O–H groups in total. The second-order valence-electron chi connectivity index (χ2n) is 4.35. The molecule has 1 atom stereocenters. The average Bonchev–Trinajstić information content (AvgIpc) is 2.38. The van der Waals surface area contributed by atoms with Crippen molar-refractivity contribution in [3.05, 3.63) is 29.3 Å². The van der Waals surface area contributed by atoms with E-state index in [1.807, 2.05) is 6.92 Å². The summed E-state index contributed by atoms with van der Waals surface area (Å²) in [7, 11) is 0. The van der Waals surface area contributed by atoms with Gasteiger partial charge in [-0.25, -0.2) is 4.79 Å². The number of nitrogens with one attached hydrogen (secondary N) is 2. The molecule has 0 spiro atoms. The van der Waals surface area contributed by atoms with E-state index in [-0.39, 0.29) is 11.9 Å². The molecule has 1 aliphatic rings. The highest BCUT2D eigenvalue weighted by molar-refractivity contribution is 6.30. The van der Waals surface area contributed by atoms with Gasteiger partial charge in [0.15, 0.2) is 0 Å². The fraction of sp³-hybridized carbons (Fsp3) is 0.385. The molecule has 19 heavy (non-hydrogen) atoms. The number of hydrogen-bond acceptors (Lipinski definition) is 2. The van der Waals surface area contributed by atoms with Crippen LogP contribution in [0.5, 0.6) is 0 Å². The maximum atomic E-state index is 12.2. The predicted octanol–water partition coefficient (Wildman–Crippen LogP) is 2.08.